The molecule has 0 atom stereocenters. The summed E-state index contributed by atoms with van der Waals surface area (Å²) >= 11 is 0. The molecule has 1 aromatic carbocycles. The maximum absolute atomic E-state index is 12.7. The zero-order valence-electron chi connectivity index (χ0n) is 12.5. The summed E-state index contributed by atoms with van der Waals surface area (Å²) in [6.45, 7) is 7.33. The first-order valence-electron chi connectivity index (χ1n) is 7.71. The van der Waals surface area contributed by atoms with Crippen LogP contribution in [0.4, 0.5) is 5.69 Å². The number of fused-ring (bicyclic) bond motifs is 1. The Morgan fingerprint density at radius 3 is 2.95 bits per heavy atom. The number of hydrogen-bond acceptors (Lipinski definition) is 2. The second-order valence-corrected chi connectivity index (χ2v) is 6.90. The van der Waals surface area contributed by atoms with Crippen LogP contribution in [0.25, 0.3) is 0 Å². The zero-order valence-corrected chi connectivity index (χ0v) is 12.5. The predicted octanol–water partition coefficient (Wildman–Crippen LogP) is 3.31. The van der Waals surface area contributed by atoms with Gasteiger partial charge in [0, 0.05) is 30.9 Å². The van der Waals surface area contributed by atoms with E-state index < -0.39 is 0 Å². The molecule has 3 rings (SSSR count). The molecule has 1 N–H and O–H groups in total. The number of piperidine rings is 1. The van der Waals surface area contributed by atoms with Crippen molar-refractivity contribution < 1.29 is 4.79 Å². The van der Waals surface area contributed by atoms with Crippen molar-refractivity contribution in [2.45, 2.75) is 39.5 Å². The number of nitrogens with one attached hydrogen (secondary N) is 1. The molecule has 2 heterocycles. The molecule has 20 heavy (non-hydrogen) atoms. The van der Waals surface area contributed by atoms with E-state index in [-0.39, 0.29) is 11.3 Å². The van der Waals surface area contributed by atoms with Gasteiger partial charge in [-0.1, -0.05) is 13.8 Å². The fourth-order valence-electron chi connectivity index (χ4n) is 3.39. The molecule has 0 saturated carbocycles. The summed E-state index contributed by atoms with van der Waals surface area (Å²) in [5, 5.41) is 3.40. The summed E-state index contributed by atoms with van der Waals surface area (Å²) in [4.78, 5) is 14.7. The molecule has 0 radical (unpaired) electrons. The minimum absolute atomic E-state index is 0.200. The molecule has 1 saturated heterocycles. The third-order valence-electron chi connectivity index (χ3n) is 4.48. The number of aryl methyl sites for hydroxylation is 1. The first-order chi connectivity index (χ1) is 9.55. The first kappa shape index (κ1) is 13.5. The minimum Gasteiger partial charge on any atom is -0.385 e. The van der Waals surface area contributed by atoms with E-state index in [4.69, 9.17) is 0 Å². The van der Waals surface area contributed by atoms with E-state index in [0.717, 1.165) is 44.5 Å². The number of carbonyl (C=O) groups is 1. The molecule has 2 aliphatic heterocycles. The molecule has 0 spiro atoms. The number of rotatable bonds is 1. The quantitative estimate of drug-likeness (QED) is 0.850. The van der Waals surface area contributed by atoms with Crippen LogP contribution in [0.2, 0.25) is 0 Å². The predicted molar refractivity (Wildman–Crippen MR) is 82.2 cm³/mol. The Morgan fingerprint density at radius 2 is 2.15 bits per heavy atom. The van der Waals surface area contributed by atoms with Crippen molar-refractivity contribution in [1.82, 2.24) is 4.90 Å². The molecule has 1 amide bonds. The Balaban J connectivity index is 1.80. The van der Waals surface area contributed by atoms with Crippen LogP contribution in [0.5, 0.6) is 0 Å². The highest BCUT2D eigenvalue weighted by atomic mass is 16.2. The number of likely N-dealkylation sites (tertiary alicyclic amines) is 1. The maximum Gasteiger partial charge on any atom is 0.253 e. The number of nitrogens with zero attached hydrogens (tertiary/aromatic N) is 1. The summed E-state index contributed by atoms with van der Waals surface area (Å²) in [5.74, 6) is 0.200. The fraction of sp³-hybridized carbons (Fsp3) is 0.588. The van der Waals surface area contributed by atoms with Crippen LogP contribution in [0.15, 0.2) is 18.2 Å². The van der Waals surface area contributed by atoms with Gasteiger partial charge in [0.15, 0.2) is 0 Å². The van der Waals surface area contributed by atoms with E-state index >= 15 is 0 Å². The minimum atomic E-state index is 0.200. The maximum atomic E-state index is 12.7. The van der Waals surface area contributed by atoms with Crippen molar-refractivity contribution in [3.8, 4) is 0 Å². The van der Waals surface area contributed by atoms with Gasteiger partial charge in [0.05, 0.1) is 0 Å². The molecule has 0 aliphatic carbocycles. The van der Waals surface area contributed by atoms with E-state index in [1.165, 1.54) is 17.7 Å². The van der Waals surface area contributed by atoms with Crippen LogP contribution < -0.4 is 5.32 Å². The van der Waals surface area contributed by atoms with Crippen LogP contribution in [0.1, 0.15) is 49.0 Å². The highest BCUT2D eigenvalue weighted by molar-refractivity contribution is 5.95. The first-order valence-corrected chi connectivity index (χ1v) is 7.71. The van der Waals surface area contributed by atoms with Crippen molar-refractivity contribution in [1.29, 1.82) is 0 Å². The SMILES string of the molecule is CC1(C)CCCN(C(=O)c2ccc3c(c2)CCCN3)C1. The molecule has 2 aliphatic rings. The lowest BCUT2D eigenvalue weighted by Gasteiger charge is -2.38. The Bertz CT molecular complexity index is 522. The van der Waals surface area contributed by atoms with E-state index in [0.29, 0.717) is 0 Å². The second-order valence-electron chi connectivity index (χ2n) is 6.90. The van der Waals surface area contributed by atoms with Crippen LogP contribution in [0.3, 0.4) is 0 Å². The van der Waals surface area contributed by atoms with Crippen LogP contribution in [0, 0.1) is 5.41 Å². The lowest BCUT2D eigenvalue weighted by atomic mass is 9.84. The van der Waals surface area contributed by atoms with Gasteiger partial charge in [-0.2, -0.15) is 0 Å². The van der Waals surface area contributed by atoms with Crippen LogP contribution in [-0.2, 0) is 6.42 Å². The van der Waals surface area contributed by atoms with E-state index in [2.05, 4.69) is 31.3 Å². The van der Waals surface area contributed by atoms with Gasteiger partial charge in [0.2, 0.25) is 0 Å². The average Bonchev–Trinajstić information content (AvgIpc) is 2.45. The number of anilines is 1. The number of hydrogen-bond donors (Lipinski definition) is 1. The lowest BCUT2D eigenvalue weighted by molar-refractivity contribution is 0.0583. The van der Waals surface area contributed by atoms with Crippen LogP contribution >= 0.6 is 0 Å². The van der Waals surface area contributed by atoms with Gasteiger partial charge in [0.1, 0.15) is 0 Å². The van der Waals surface area contributed by atoms with Gasteiger partial charge in [0.25, 0.3) is 5.91 Å². The Morgan fingerprint density at radius 1 is 1.30 bits per heavy atom. The number of benzene rings is 1. The highest BCUT2D eigenvalue weighted by Gasteiger charge is 2.29. The molecule has 108 valence electrons. The van der Waals surface area contributed by atoms with Gasteiger partial charge in [-0.05, 0) is 54.9 Å². The Labute approximate surface area is 121 Å². The van der Waals surface area contributed by atoms with Gasteiger partial charge in [-0.3, -0.25) is 4.79 Å². The van der Waals surface area contributed by atoms with Crippen molar-refractivity contribution in [2.24, 2.45) is 5.41 Å². The van der Waals surface area contributed by atoms with E-state index in [9.17, 15) is 4.79 Å². The van der Waals surface area contributed by atoms with Crippen molar-refractivity contribution in [2.75, 3.05) is 25.0 Å². The number of carbonyl (C=O) groups excluding carboxylic acids is 1. The molecular weight excluding hydrogens is 248 g/mol. The van der Waals surface area contributed by atoms with Crippen molar-refractivity contribution in [3.05, 3.63) is 29.3 Å². The van der Waals surface area contributed by atoms with E-state index in [1.54, 1.807) is 0 Å². The summed E-state index contributed by atoms with van der Waals surface area (Å²) in [6.07, 6.45) is 4.56. The zero-order chi connectivity index (χ0) is 14.2. The largest absolute Gasteiger partial charge is 0.385 e. The molecule has 1 fully saturated rings. The molecule has 1 aromatic rings. The van der Waals surface area contributed by atoms with Crippen molar-refractivity contribution in [3.63, 3.8) is 0 Å². The normalized spacial score (nSPS) is 21.0. The third-order valence-corrected chi connectivity index (χ3v) is 4.48. The molecular formula is C17H24N2O. The standard InChI is InChI=1S/C17H24N2O/c1-17(2)8-4-10-19(12-17)16(20)14-6-7-15-13(11-14)5-3-9-18-15/h6-7,11,18H,3-5,8-10,12H2,1-2H3. The summed E-state index contributed by atoms with van der Waals surface area (Å²) in [6, 6.07) is 6.13. The average molecular weight is 272 g/mol. The molecule has 0 bridgehead atoms. The van der Waals surface area contributed by atoms with Gasteiger partial charge in [-0.15, -0.1) is 0 Å². The van der Waals surface area contributed by atoms with E-state index in [1.807, 2.05) is 11.0 Å². The van der Waals surface area contributed by atoms with Crippen LogP contribution in [-0.4, -0.2) is 30.4 Å². The third kappa shape index (κ3) is 2.67. The second kappa shape index (κ2) is 5.12. The number of amides is 1. The molecule has 3 heteroatoms. The fourth-order valence-corrected chi connectivity index (χ4v) is 3.39. The lowest BCUT2D eigenvalue weighted by Crippen LogP contribution is -2.43. The molecule has 3 nitrogen and oxygen atoms in total. The topological polar surface area (TPSA) is 32.3 Å². The van der Waals surface area contributed by atoms with Gasteiger partial charge >= 0.3 is 0 Å². The van der Waals surface area contributed by atoms with Crippen molar-refractivity contribution >= 4 is 11.6 Å². The Kier molecular flexibility index (Phi) is 3.45. The smallest absolute Gasteiger partial charge is 0.253 e. The molecule has 0 aromatic heterocycles. The highest BCUT2D eigenvalue weighted by Crippen LogP contribution is 2.30. The summed E-state index contributed by atoms with van der Waals surface area (Å²) in [5.41, 5.74) is 3.60. The van der Waals surface area contributed by atoms with Gasteiger partial charge < -0.3 is 10.2 Å². The summed E-state index contributed by atoms with van der Waals surface area (Å²) < 4.78 is 0. The van der Waals surface area contributed by atoms with Gasteiger partial charge in [-0.25, -0.2) is 0 Å². The summed E-state index contributed by atoms with van der Waals surface area (Å²) in [7, 11) is 0. The Hall–Kier alpha value is -1.51. The molecule has 0 unspecified atom stereocenters. The monoisotopic (exact) mass is 272 g/mol.